The van der Waals surface area contributed by atoms with Gasteiger partial charge in [-0.3, -0.25) is 9.59 Å². The summed E-state index contributed by atoms with van der Waals surface area (Å²) in [6.45, 7) is 0.557. The van der Waals surface area contributed by atoms with Gasteiger partial charge in [0.2, 0.25) is 5.91 Å². The highest BCUT2D eigenvalue weighted by Crippen LogP contribution is 2.33. The molecule has 3 unspecified atom stereocenters. The zero-order chi connectivity index (χ0) is 12.3. The third kappa shape index (κ3) is 2.97. The van der Waals surface area contributed by atoms with Crippen LogP contribution in [0, 0.1) is 5.92 Å². The molecule has 2 rings (SSSR count). The smallest absolute Gasteiger partial charge is 0.305 e. The molecule has 2 fully saturated rings. The number of esters is 1. The molecular weight excluding hydrogens is 220 g/mol. The van der Waals surface area contributed by atoms with Gasteiger partial charge in [0.05, 0.1) is 13.0 Å². The Bertz CT molecular complexity index is 306. The van der Waals surface area contributed by atoms with Crippen molar-refractivity contribution in [2.75, 3.05) is 13.7 Å². The summed E-state index contributed by atoms with van der Waals surface area (Å²) in [6, 6.07) is 0.923. The lowest BCUT2D eigenvalue weighted by molar-refractivity contribution is -0.140. The summed E-state index contributed by atoms with van der Waals surface area (Å²) in [4.78, 5) is 22.8. The summed E-state index contributed by atoms with van der Waals surface area (Å²) in [5.41, 5.74) is 0. The van der Waals surface area contributed by atoms with Gasteiger partial charge in [-0.1, -0.05) is 0 Å². The SMILES string of the molecule is COC(=O)CCCNC(=O)C1CC2CCC1N2. The number of carbonyl (C=O) groups excluding carboxylic acids is 2. The molecule has 2 saturated heterocycles. The van der Waals surface area contributed by atoms with Gasteiger partial charge in [0, 0.05) is 25.0 Å². The average molecular weight is 240 g/mol. The molecule has 0 aromatic heterocycles. The number of hydrogen-bond acceptors (Lipinski definition) is 4. The van der Waals surface area contributed by atoms with Gasteiger partial charge in [-0.15, -0.1) is 0 Å². The summed E-state index contributed by atoms with van der Waals surface area (Å²) in [5, 5.41) is 6.34. The van der Waals surface area contributed by atoms with Gasteiger partial charge in [-0.25, -0.2) is 0 Å². The fourth-order valence-electron chi connectivity index (χ4n) is 2.79. The van der Waals surface area contributed by atoms with Crippen molar-refractivity contribution in [2.24, 2.45) is 5.92 Å². The topological polar surface area (TPSA) is 67.4 Å². The van der Waals surface area contributed by atoms with Gasteiger partial charge in [-0.2, -0.15) is 0 Å². The van der Waals surface area contributed by atoms with Crippen LogP contribution in [0.4, 0.5) is 0 Å². The number of ether oxygens (including phenoxy) is 1. The minimum absolute atomic E-state index is 0.131. The van der Waals surface area contributed by atoms with Gasteiger partial charge >= 0.3 is 5.97 Å². The Labute approximate surface area is 101 Å². The molecular formula is C12H20N2O3. The van der Waals surface area contributed by atoms with Crippen molar-refractivity contribution in [3.05, 3.63) is 0 Å². The molecule has 96 valence electrons. The van der Waals surface area contributed by atoms with E-state index in [2.05, 4.69) is 15.4 Å². The fourth-order valence-corrected chi connectivity index (χ4v) is 2.79. The maximum Gasteiger partial charge on any atom is 0.305 e. The van der Waals surface area contributed by atoms with Crippen molar-refractivity contribution in [2.45, 2.75) is 44.2 Å². The molecule has 0 aliphatic carbocycles. The van der Waals surface area contributed by atoms with Crippen molar-refractivity contribution in [3.63, 3.8) is 0 Å². The zero-order valence-corrected chi connectivity index (χ0v) is 10.2. The second-order valence-corrected chi connectivity index (χ2v) is 4.86. The highest BCUT2D eigenvalue weighted by Gasteiger charge is 2.42. The second-order valence-electron chi connectivity index (χ2n) is 4.86. The molecule has 0 spiro atoms. The van der Waals surface area contributed by atoms with Gasteiger partial charge < -0.3 is 15.4 Å². The van der Waals surface area contributed by atoms with Crippen molar-refractivity contribution < 1.29 is 14.3 Å². The summed E-state index contributed by atoms with van der Waals surface area (Å²) < 4.78 is 4.54. The summed E-state index contributed by atoms with van der Waals surface area (Å²) in [5.74, 6) is 0.0438. The Morgan fingerprint density at radius 2 is 2.24 bits per heavy atom. The van der Waals surface area contributed by atoms with Crippen LogP contribution in [0.2, 0.25) is 0 Å². The third-order valence-corrected chi connectivity index (χ3v) is 3.72. The quantitative estimate of drug-likeness (QED) is 0.532. The van der Waals surface area contributed by atoms with Gasteiger partial charge in [0.15, 0.2) is 0 Å². The van der Waals surface area contributed by atoms with Crippen LogP contribution >= 0.6 is 0 Å². The Kier molecular flexibility index (Phi) is 3.99. The van der Waals surface area contributed by atoms with Crippen LogP contribution in [0.5, 0.6) is 0 Å². The highest BCUT2D eigenvalue weighted by molar-refractivity contribution is 5.80. The number of carbonyl (C=O) groups is 2. The van der Waals surface area contributed by atoms with Crippen molar-refractivity contribution in [1.29, 1.82) is 0 Å². The van der Waals surface area contributed by atoms with E-state index in [-0.39, 0.29) is 17.8 Å². The van der Waals surface area contributed by atoms with E-state index in [0.717, 1.165) is 12.8 Å². The molecule has 2 bridgehead atoms. The Hall–Kier alpha value is -1.10. The van der Waals surface area contributed by atoms with Gasteiger partial charge in [0.25, 0.3) is 0 Å². The molecule has 2 N–H and O–H groups in total. The van der Waals surface area contributed by atoms with E-state index in [9.17, 15) is 9.59 Å². The van der Waals surface area contributed by atoms with Crippen LogP contribution in [0.25, 0.3) is 0 Å². The Balaban J connectivity index is 1.63. The summed E-state index contributed by atoms with van der Waals surface area (Å²) >= 11 is 0. The maximum absolute atomic E-state index is 11.9. The molecule has 2 heterocycles. The first kappa shape index (κ1) is 12.4. The lowest BCUT2D eigenvalue weighted by Gasteiger charge is -2.19. The molecule has 5 nitrogen and oxygen atoms in total. The maximum atomic E-state index is 11.9. The lowest BCUT2D eigenvalue weighted by Crippen LogP contribution is -2.38. The number of nitrogens with one attached hydrogen (secondary N) is 2. The van der Waals surface area contributed by atoms with Crippen LogP contribution < -0.4 is 10.6 Å². The predicted molar refractivity (Wildman–Crippen MR) is 62.3 cm³/mol. The summed E-state index contributed by atoms with van der Waals surface area (Å²) in [7, 11) is 1.38. The molecule has 17 heavy (non-hydrogen) atoms. The summed E-state index contributed by atoms with van der Waals surface area (Å²) in [6.07, 6.45) is 4.30. The van der Waals surface area contributed by atoms with E-state index in [4.69, 9.17) is 0 Å². The van der Waals surface area contributed by atoms with Gasteiger partial charge in [-0.05, 0) is 25.7 Å². The van der Waals surface area contributed by atoms with E-state index in [1.165, 1.54) is 13.5 Å². The fraction of sp³-hybridized carbons (Fsp3) is 0.833. The van der Waals surface area contributed by atoms with E-state index >= 15 is 0 Å². The number of hydrogen-bond donors (Lipinski definition) is 2. The molecule has 0 radical (unpaired) electrons. The first-order valence-corrected chi connectivity index (χ1v) is 6.31. The van der Waals surface area contributed by atoms with E-state index in [1.807, 2.05) is 0 Å². The molecule has 0 aromatic carbocycles. The van der Waals surface area contributed by atoms with Crippen molar-refractivity contribution in [1.82, 2.24) is 10.6 Å². The van der Waals surface area contributed by atoms with E-state index in [0.29, 0.717) is 31.5 Å². The standard InChI is InChI=1S/C12H20N2O3/c1-17-11(15)3-2-6-13-12(16)9-7-8-4-5-10(9)14-8/h8-10,14H,2-7H2,1H3,(H,13,16). The van der Waals surface area contributed by atoms with Crippen molar-refractivity contribution in [3.8, 4) is 0 Å². The molecule has 5 heteroatoms. The molecule has 0 aromatic rings. The molecule has 0 saturated carbocycles. The number of fused-ring (bicyclic) bond motifs is 2. The largest absolute Gasteiger partial charge is 0.469 e. The highest BCUT2D eigenvalue weighted by atomic mass is 16.5. The molecule has 2 aliphatic rings. The van der Waals surface area contributed by atoms with Gasteiger partial charge in [0.1, 0.15) is 0 Å². The monoisotopic (exact) mass is 240 g/mol. The molecule has 3 atom stereocenters. The number of methoxy groups -OCH3 is 1. The normalized spacial score (nSPS) is 30.3. The predicted octanol–water partition coefficient (Wildman–Crippen LogP) is 0.196. The van der Waals surface area contributed by atoms with E-state index < -0.39 is 0 Å². The van der Waals surface area contributed by atoms with Crippen LogP contribution in [-0.2, 0) is 14.3 Å². The Morgan fingerprint density at radius 1 is 1.41 bits per heavy atom. The molecule has 1 amide bonds. The first-order valence-electron chi connectivity index (χ1n) is 6.31. The van der Waals surface area contributed by atoms with Crippen LogP contribution in [0.3, 0.4) is 0 Å². The van der Waals surface area contributed by atoms with Crippen molar-refractivity contribution >= 4 is 11.9 Å². The third-order valence-electron chi connectivity index (χ3n) is 3.72. The van der Waals surface area contributed by atoms with Crippen LogP contribution in [0.1, 0.15) is 32.1 Å². The Morgan fingerprint density at radius 3 is 2.82 bits per heavy atom. The minimum Gasteiger partial charge on any atom is -0.469 e. The number of rotatable bonds is 5. The van der Waals surface area contributed by atoms with Crippen LogP contribution in [-0.4, -0.2) is 37.6 Å². The average Bonchev–Trinajstić information content (AvgIpc) is 2.96. The lowest BCUT2D eigenvalue weighted by atomic mass is 9.88. The zero-order valence-electron chi connectivity index (χ0n) is 10.2. The van der Waals surface area contributed by atoms with E-state index in [1.54, 1.807) is 0 Å². The van der Waals surface area contributed by atoms with Crippen LogP contribution in [0.15, 0.2) is 0 Å². The molecule has 2 aliphatic heterocycles. The second kappa shape index (κ2) is 5.49. The first-order chi connectivity index (χ1) is 8.20. The number of amides is 1. The minimum atomic E-state index is -0.221.